The summed E-state index contributed by atoms with van der Waals surface area (Å²) in [6.45, 7) is 6.82. The van der Waals surface area contributed by atoms with Gasteiger partial charge in [0.2, 0.25) is 0 Å². The number of ether oxygens (including phenoxy) is 1. The van der Waals surface area contributed by atoms with Gasteiger partial charge in [0.05, 0.1) is 0 Å². The Morgan fingerprint density at radius 1 is 1.14 bits per heavy atom. The number of carbonyl (C=O) groups is 2. The molecule has 1 aromatic rings. The highest BCUT2D eigenvalue weighted by Crippen LogP contribution is 2.38. The second kappa shape index (κ2) is 6.95. The fourth-order valence-corrected chi connectivity index (χ4v) is 2.99. The molecule has 1 saturated carbocycles. The lowest BCUT2D eigenvalue weighted by Crippen LogP contribution is -2.31. The summed E-state index contributed by atoms with van der Waals surface area (Å²) in [6.07, 6.45) is 4.44. The lowest BCUT2D eigenvalue weighted by molar-refractivity contribution is 0.0528. The Hall–Kier alpha value is -1.84. The summed E-state index contributed by atoms with van der Waals surface area (Å²) in [7, 11) is 0. The molecule has 0 bridgehead atoms. The van der Waals surface area contributed by atoms with Crippen molar-refractivity contribution >= 4 is 18.1 Å². The second-order valence-corrected chi connectivity index (χ2v) is 7.11. The summed E-state index contributed by atoms with van der Waals surface area (Å²) in [6, 6.07) is 6.72. The van der Waals surface area contributed by atoms with E-state index in [4.69, 9.17) is 4.74 Å². The Bertz CT molecular complexity index is 508. The smallest absolute Gasteiger partial charge is 0.411 e. The third kappa shape index (κ3) is 4.58. The van der Waals surface area contributed by atoms with Gasteiger partial charge in [-0.3, -0.25) is 10.1 Å². The van der Waals surface area contributed by atoms with Gasteiger partial charge in [0.15, 0.2) is 0 Å². The highest BCUT2D eigenvalue weighted by molar-refractivity contribution is 5.85. The van der Waals surface area contributed by atoms with Gasteiger partial charge in [-0.2, -0.15) is 0 Å². The Morgan fingerprint density at radius 3 is 2.23 bits per heavy atom. The minimum Gasteiger partial charge on any atom is -0.446 e. The monoisotopic (exact) mass is 303 g/mol. The van der Waals surface area contributed by atoms with Gasteiger partial charge >= 0.3 is 6.09 Å². The zero-order valence-corrected chi connectivity index (χ0v) is 13.6. The van der Waals surface area contributed by atoms with Crippen LogP contribution in [0, 0.1) is 11.3 Å². The number of anilines is 1. The minimum absolute atomic E-state index is 0.00727. The van der Waals surface area contributed by atoms with Gasteiger partial charge < -0.3 is 4.74 Å². The Kier molecular flexibility index (Phi) is 5.22. The van der Waals surface area contributed by atoms with Crippen molar-refractivity contribution in [3.8, 4) is 0 Å². The molecule has 0 spiro atoms. The number of nitrogens with one attached hydrogen (secondary N) is 1. The van der Waals surface area contributed by atoms with Crippen LogP contribution in [0.15, 0.2) is 24.3 Å². The van der Waals surface area contributed by atoms with Crippen molar-refractivity contribution < 1.29 is 14.3 Å². The molecule has 1 aromatic carbocycles. The van der Waals surface area contributed by atoms with E-state index in [2.05, 4.69) is 26.1 Å². The summed E-state index contributed by atoms with van der Waals surface area (Å²) in [5.41, 5.74) is 1.55. The fourth-order valence-electron chi connectivity index (χ4n) is 2.99. The summed E-state index contributed by atoms with van der Waals surface area (Å²) < 4.78 is 5.49. The van der Waals surface area contributed by atoms with Crippen molar-refractivity contribution in [2.24, 2.45) is 11.3 Å². The Balaban J connectivity index is 1.79. The van der Waals surface area contributed by atoms with Crippen LogP contribution in [0.25, 0.3) is 0 Å². The maximum atomic E-state index is 11.9. The van der Waals surface area contributed by atoms with Crippen LogP contribution in [0.5, 0.6) is 0 Å². The quantitative estimate of drug-likeness (QED) is 0.827. The molecule has 1 aliphatic carbocycles. The molecule has 0 radical (unpaired) electrons. The van der Waals surface area contributed by atoms with Crippen LogP contribution < -0.4 is 5.32 Å². The number of amides is 1. The van der Waals surface area contributed by atoms with Crippen LogP contribution in [0.1, 0.15) is 56.8 Å². The molecule has 0 unspecified atom stereocenters. The topological polar surface area (TPSA) is 55.4 Å². The number of benzene rings is 1. The van der Waals surface area contributed by atoms with Crippen LogP contribution in [0.3, 0.4) is 0 Å². The van der Waals surface area contributed by atoms with E-state index < -0.39 is 6.09 Å². The fraction of sp³-hybridized carbons (Fsp3) is 0.556. The summed E-state index contributed by atoms with van der Waals surface area (Å²) in [4.78, 5) is 22.5. The van der Waals surface area contributed by atoms with E-state index in [-0.39, 0.29) is 6.10 Å². The molecule has 1 fully saturated rings. The van der Waals surface area contributed by atoms with Crippen LogP contribution in [0.4, 0.5) is 10.5 Å². The van der Waals surface area contributed by atoms with Gasteiger partial charge in [-0.1, -0.05) is 20.8 Å². The van der Waals surface area contributed by atoms with E-state index in [0.717, 1.165) is 32.0 Å². The maximum Gasteiger partial charge on any atom is 0.411 e. The summed E-state index contributed by atoms with van der Waals surface area (Å²) in [5, 5.41) is 2.70. The molecule has 0 saturated heterocycles. The first-order chi connectivity index (χ1) is 10.4. The Morgan fingerprint density at radius 2 is 1.73 bits per heavy atom. The molecule has 0 aromatic heterocycles. The summed E-state index contributed by atoms with van der Waals surface area (Å²) >= 11 is 0. The molecule has 0 aliphatic heterocycles. The first-order valence-electron chi connectivity index (χ1n) is 7.91. The van der Waals surface area contributed by atoms with Gasteiger partial charge in [-0.05, 0) is 61.3 Å². The van der Waals surface area contributed by atoms with Crippen molar-refractivity contribution in [2.75, 3.05) is 5.32 Å². The van der Waals surface area contributed by atoms with Gasteiger partial charge in [-0.25, -0.2) is 4.79 Å². The highest BCUT2D eigenvalue weighted by atomic mass is 16.6. The Labute approximate surface area is 132 Å². The second-order valence-electron chi connectivity index (χ2n) is 7.11. The zero-order chi connectivity index (χ0) is 16.2. The molecule has 22 heavy (non-hydrogen) atoms. The van der Waals surface area contributed by atoms with E-state index in [1.165, 1.54) is 0 Å². The number of hydrogen-bond acceptors (Lipinski definition) is 3. The van der Waals surface area contributed by atoms with E-state index in [1.54, 1.807) is 24.3 Å². The lowest BCUT2D eigenvalue weighted by atomic mass is 9.72. The number of hydrogen-bond donors (Lipinski definition) is 1. The van der Waals surface area contributed by atoms with Crippen molar-refractivity contribution in [1.29, 1.82) is 0 Å². The first kappa shape index (κ1) is 16.5. The number of rotatable bonds is 3. The molecule has 0 atom stereocenters. The van der Waals surface area contributed by atoms with Gasteiger partial charge in [0, 0.05) is 11.3 Å². The van der Waals surface area contributed by atoms with Crippen molar-refractivity contribution in [3.05, 3.63) is 29.8 Å². The number of carbonyl (C=O) groups excluding carboxylic acids is 2. The summed E-state index contributed by atoms with van der Waals surface area (Å²) in [5.74, 6) is 0.700. The predicted octanol–water partition coefficient (Wildman–Crippen LogP) is 4.65. The van der Waals surface area contributed by atoms with Crippen LogP contribution in [-0.4, -0.2) is 18.5 Å². The van der Waals surface area contributed by atoms with Crippen LogP contribution in [0.2, 0.25) is 0 Å². The third-order valence-corrected chi connectivity index (χ3v) is 4.47. The van der Waals surface area contributed by atoms with Gasteiger partial charge in [-0.15, -0.1) is 0 Å². The standard InChI is InChI=1S/C18H25NO3/c1-18(2,3)14-6-10-16(11-7-14)22-17(21)19-15-8-4-13(12-20)5-9-15/h4-5,8-9,12,14,16H,6-7,10-11H2,1-3H3,(H,19,21). The molecule has 4 heteroatoms. The lowest BCUT2D eigenvalue weighted by Gasteiger charge is -2.36. The molecule has 0 heterocycles. The highest BCUT2D eigenvalue weighted by Gasteiger charge is 2.31. The van der Waals surface area contributed by atoms with E-state index in [1.807, 2.05) is 0 Å². The molecular formula is C18H25NO3. The third-order valence-electron chi connectivity index (χ3n) is 4.47. The van der Waals surface area contributed by atoms with Crippen LogP contribution in [-0.2, 0) is 4.74 Å². The van der Waals surface area contributed by atoms with E-state index in [9.17, 15) is 9.59 Å². The molecule has 2 rings (SSSR count). The van der Waals surface area contributed by atoms with Crippen molar-refractivity contribution in [1.82, 2.24) is 0 Å². The molecule has 1 amide bonds. The average molecular weight is 303 g/mol. The molecule has 4 nitrogen and oxygen atoms in total. The van der Waals surface area contributed by atoms with Gasteiger partial charge in [0.25, 0.3) is 0 Å². The molecule has 120 valence electrons. The predicted molar refractivity (Wildman–Crippen MR) is 87.1 cm³/mol. The molecular weight excluding hydrogens is 278 g/mol. The normalized spacial score (nSPS) is 22.0. The minimum atomic E-state index is -0.418. The largest absolute Gasteiger partial charge is 0.446 e. The van der Waals surface area contributed by atoms with Crippen molar-refractivity contribution in [2.45, 2.75) is 52.6 Å². The molecule has 1 aliphatic rings. The van der Waals surface area contributed by atoms with Crippen LogP contribution >= 0.6 is 0 Å². The SMILES string of the molecule is CC(C)(C)C1CCC(OC(=O)Nc2ccc(C=O)cc2)CC1. The molecule has 1 N–H and O–H groups in total. The zero-order valence-electron chi connectivity index (χ0n) is 13.6. The van der Waals surface area contributed by atoms with Gasteiger partial charge in [0.1, 0.15) is 12.4 Å². The first-order valence-corrected chi connectivity index (χ1v) is 7.91. The van der Waals surface area contributed by atoms with Crippen molar-refractivity contribution in [3.63, 3.8) is 0 Å². The number of aldehydes is 1. The van der Waals surface area contributed by atoms with E-state index in [0.29, 0.717) is 22.6 Å². The van der Waals surface area contributed by atoms with E-state index >= 15 is 0 Å². The maximum absolute atomic E-state index is 11.9. The average Bonchev–Trinajstić information content (AvgIpc) is 2.47.